The Bertz CT molecular complexity index is 204. The molecule has 0 bridgehead atoms. The van der Waals surface area contributed by atoms with Gasteiger partial charge in [-0.25, -0.2) is 0 Å². The van der Waals surface area contributed by atoms with E-state index in [2.05, 4.69) is 5.32 Å². The van der Waals surface area contributed by atoms with Crippen molar-refractivity contribution >= 4 is 0 Å². The summed E-state index contributed by atoms with van der Waals surface area (Å²) in [5, 5.41) is 22.6. The fourth-order valence-corrected chi connectivity index (χ4v) is 2.65. The van der Waals surface area contributed by atoms with Crippen molar-refractivity contribution < 1.29 is 14.9 Å². The van der Waals surface area contributed by atoms with Crippen LogP contribution >= 0.6 is 0 Å². The fraction of sp³-hybridized carbons (Fsp3) is 1.00. The van der Waals surface area contributed by atoms with Gasteiger partial charge in [-0.15, -0.1) is 0 Å². The van der Waals surface area contributed by atoms with E-state index >= 15 is 0 Å². The topological polar surface area (TPSA) is 61.7 Å². The minimum Gasteiger partial charge on any atom is -0.394 e. The van der Waals surface area contributed by atoms with Gasteiger partial charge in [0.05, 0.1) is 32.0 Å². The molecule has 2 rings (SSSR count). The van der Waals surface area contributed by atoms with E-state index in [-0.39, 0.29) is 18.2 Å². The van der Waals surface area contributed by atoms with Crippen molar-refractivity contribution in [3.8, 4) is 0 Å². The monoisotopic (exact) mass is 215 g/mol. The molecular formula is C11H21NO3. The lowest BCUT2D eigenvalue weighted by atomic mass is 9.81. The molecule has 3 N–H and O–H groups in total. The standard InChI is InChI=1S/C11H21NO3/c13-8-11(4-2-1-3-5-11)12-9-6-15-7-10(9)14/h9-10,12-14H,1-8H2. The van der Waals surface area contributed by atoms with Gasteiger partial charge in [-0.2, -0.15) is 0 Å². The van der Waals surface area contributed by atoms with Crippen molar-refractivity contribution in [3.05, 3.63) is 0 Å². The molecule has 1 saturated heterocycles. The van der Waals surface area contributed by atoms with E-state index in [4.69, 9.17) is 4.74 Å². The molecule has 0 aromatic heterocycles. The normalized spacial score (nSPS) is 35.6. The lowest BCUT2D eigenvalue weighted by molar-refractivity contribution is 0.0795. The molecule has 15 heavy (non-hydrogen) atoms. The van der Waals surface area contributed by atoms with E-state index in [0.717, 1.165) is 25.7 Å². The van der Waals surface area contributed by atoms with Crippen molar-refractivity contribution in [2.75, 3.05) is 19.8 Å². The maximum absolute atomic E-state index is 9.66. The molecule has 4 nitrogen and oxygen atoms in total. The molecule has 88 valence electrons. The largest absolute Gasteiger partial charge is 0.394 e. The van der Waals surface area contributed by atoms with Crippen molar-refractivity contribution in [1.29, 1.82) is 0 Å². The van der Waals surface area contributed by atoms with Gasteiger partial charge < -0.3 is 20.3 Å². The van der Waals surface area contributed by atoms with Crippen LogP contribution in [0.15, 0.2) is 0 Å². The Hall–Kier alpha value is -0.160. The quantitative estimate of drug-likeness (QED) is 0.621. The maximum Gasteiger partial charge on any atom is 0.0948 e. The van der Waals surface area contributed by atoms with Gasteiger partial charge in [0.2, 0.25) is 0 Å². The Morgan fingerprint density at radius 2 is 1.93 bits per heavy atom. The summed E-state index contributed by atoms with van der Waals surface area (Å²) in [6.07, 6.45) is 5.18. The highest BCUT2D eigenvalue weighted by atomic mass is 16.5. The summed E-state index contributed by atoms with van der Waals surface area (Å²) in [7, 11) is 0. The first-order chi connectivity index (χ1) is 7.26. The van der Waals surface area contributed by atoms with Crippen molar-refractivity contribution in [1.82, 2.24) is 5.32 Å². The average molecular weight is 215 g/mol. The zero-order chi connectivity index (χ0) is 10.7. The molecule has 4 heteroatoms. The second kappa shape index (κ2) is 4.78. The molecule has 0 aromatic rings. The summed E-state index contributed by atoms with van der Waals surface area (Å²) >= 11 is 0. The highest BCUT2D eigenvalue weighted by molar-refractivity contribution is 4.95. The van der Waals surface area contributed by atoms with Gasteiger partial charge in [-0.05, 0) is 12.8 Å². The molecule has 2 unspecified atom stereocenters. The second-order valence-electron chi connectivity index (χ2n) is 4.85. The molecule has 0 radical (unpaired) electrons. The van der Waals surface area contributed by atoms with Gasteiger partial charge in [-0.1, -0.05) is 19.3 Å². The number of aliphatic hydroxyl groups is 2. The van der Waals surface area contributed by atoms with Crippen LogP contribution in [-0.4, -0.2) is 47.7 Å². The van der Waals surface area contributed by atoms with Crippen LogP contribution in [0.3, 0.4) is 0 Å². The van der Waals surface area contributed by atoms with Crippen LogP contribution < -0.4 is 5.32 Å². The van der Waals surface area contributed by atoms with E-state index in [0.29, 0.717) is 13.2 Å². The van der Waals surface area contributed by atoms with E-state index in [9.17, 15) is 10.2 Å². The van der Waals surface area contributed by atoms with Gasteiger partial charge in [0.25, 0.3) is 0 Å². The van der Waals surface area contributed by atoms with Gasteiger partial charge in [0.1, 0.15) is 0 Å². The Kier molecular flexibility index (Phi) is 3.61. The zero-order valence-corrected chi connectivity index (χ0v) is 9.11. The van der Waals surface area contributed by atoms with E-state index in [1.807, 2.05) is 0 Å². The van der Waals surface area contributed by atoms with Gasteiger partial charge >= 0.3 is 0 Å². The first kappa shape index (κ1) is 11.3. The lowest BCUT2D eigenvalue weighted by Gasteiger charge is -2.39. The number of hydrogen-bond acceptors (Lipinski definition) is 4. The number of aliphatic hydroxyl groups excluding tert-OH is 2. The molecule has 1 aliphatic carbocycles. The van der Waals surface area contributed by atoms with E-state index in [1.54, 1.807) is 0 Å². The molecule has 0 spiro atoms. The summed E-state index contributed by atoms with van der Waals surface area (Å²) in [5.41, 5.74) is -0.169. The van der Waals surface area contributed by atoms with E-state index < -0.39 is 6.10 Å². The SMILES string of the molecule is OCC1(NC2COCC2O)CCCCC1. The zero-order valence-electron chi connectivity index (χ0n) is 9.11. The number of ether oxygens (including phenoxy) is 1. The van der Waals surface area contributed by atoms with Crippen LogP contribution in [0.25, 0.3) is 0 Å². The molecule has 2 atom stereocenters. The highest BCUT2D eigenvalue weighted by Crippen LogP contribution is 2.29. The Labute approximate surface area is 90.6 Å². The summed E-state index contributed by atoms with van der Waals surface area (Å²) in [6.45, 7) is 1.14. The predicted octanol–water partition coefficient (Wildman–Crippen LogP) is 0.0309. The minimum atomic E-state index is -0.421. The van der Waals surface area contributed by atoms with Crippen LogP contribution in [0.2, 0.25) is 0 Å². The predicted molar refractivity (Wildman–Crippen MR) is 56.7 cm³/mol. The Morgan fingerprint density at radius 3 is 2.47 bits per heavy atom. The van der Waals surface area contributed by atoms with Crippen LogP contribution in [0.4, 0.5) is 0 Å². The van der Waals surface area contributed by atoms with Gasteiger partial charge in [0, 0.05) is 5.54 Å². The minimum absolute atomic E-state index is 0.00440. The Balaban J connectivity index is 1.94. The molecule has 2 fully saturated rings. The third-order valence-electron chi connectivity index (χ3n) is 3.66. The average Bonchev–Trinajstić information content (AvgIpc) is 2.66. The molecule has 1 aliphatic heterocycles. The van der Waals surface area contributed by atoms with Crippen LogP contribution in [0.1, 0.15) is 32.1 Å². The lowest BCUT2D eigenvalue weighted by Crippen LogP contribution is -2.57. The first-order valence-corrected chi connectivity index (χ1v) is 5.90. The molecular weight excluding hydrogens is 194 g/mol. The van der Waals surface area contributed by atoms with Crippen molar-refractivity contribution in [3.63, 3.8) is 0 Å². The summed E-state index contributed by atoms with van der Waals surface area (Å²) in [6, 6.07) is -0.00440. The third-order valence-corrected chi connectivity index (χ3v) is 3.66. The first-order valence-electron chi connectivity index (χ1n) is 5.90. The molecule has 0 amide bonds. The highest BCUT2D eigenvalue weighted by Gasteiger charge is 2.37. The third kappa shape index (κ3) is 2.50. The van der Waals surface area contributed by atoms with Crippen LogP contribution in [0, 0.1) is 0 Å². The van der Waals surface area contributed by atoms with Crippen molar-refractivity contribution in [2.24, 2.45) is 0 Å². The molecule has 1 heterocycles. The fourth-order valence-electron chi connectivity index (χ4n) is 2.65. The number of nitrogens with one attached hydrogen (secondary N) is 1. The van der Waals surface area contributed by atoms with E-state index in [1.165, 1.54) is 6.42 Å². The second-order valence-corrected chi connectivity index (χ2v) is 4.85. The van der Waals surface area contributed by atoms with Crippen LogP contribution in [-0.2, 0) is 4.74 Å². The smallest absolute Gasteiger partial charge is 0.0948 e. The summed E-state index contributed by atoms with van der Waals surface area (Å²) in [5.74, 6) is 0. The Morgan fingerprint density at radius 1 is 1.20 bits per heavy atom. The summed E-state index contributed by atoms with van der Waals surface area (Å²) in [4.78, 5) is 0. The van der Waals surface area contributed by atoms with Gasteiger partial charge in [0.15, 0.2) is 0 Å². The molecule has 1 saturated carbocycles. The number of rotatable bonds is 3. The summed E-state index contributed by atoms with van der Waals surface area (Å²) < 4.78 is 5.21. The van der Waals surface area contributed by atoms with Crippen LogP contribution in [0.5, 0.6) is 0 Å². The molecule has 0 aromatic carbocycles. The molecule has 2 aliphatic rings. The van der Waals surface area contributed by atoms with Crippen molar-refractivity contribution in [2.45, 2.75) is 49.8 Å². The maximum atomic E-state index is 9.66. The van der Waals surface area contributed by atoms with Gasteiger partial charge in [-0.3, -0.25) is 0 Å². The number of hydrogen-bond donors (Lipinski definition) is 3.